The molecule has 1 atom stereocenters. The summed E-state index contributed by atoms with van der Waals surface area (Å²) in [7, 11) is 4.07. The van der Waals surface area contributed by atoms with Crippen molar-refractivity contribution in [2.75, 3.05) is 19.0 Å². The maximum Gasteiger partial charge on any atom is 0.136 e. The number of nitrogens with zero attached hydrogens (tertiary/aromatic N) is 3. The lowest BCUT2D eigenvalue weighted by Gasteiger charge is -2.26. The Morgan fingerprint density at radius 2 is 2.04 bits per heavy atom. The highest BCUT2D eigenvalue weighted by molar-refractivity contribution is 5.81. The first kappa shape index (κ1) is 16.1. The number of hydrogen-bond acceptors (Lipinski definition) is 3. The second kappa shape index (κ2) is 6.17. The molecule has 0 spiro atoms. The fraction of sp³-hybridized carbons (Fsp3) is 0.429. The lowest BCUT2D eigenvalue weighted by Crippen LogP contribution is -2.30. The molecule has 1 fully saturated rings. The Balaban J connectivity index is 1.92. The zero-order chi connectivity index (χ0) is 17.6. The van der Waals surface area contributed by atoms with Crippen molar-refractivity contribution in [3.05, 3.63) is 53.3 Å². The molecule has 130 valence electrons. The van der Waals surface area contributed by atoms with Gasteiger partial charge in [-0.25, -0.2) is 4.98 Å². The maximum absolute atomic E-state index is 8.94. The van der Waals surface area contributed by atoms with Crippen molar-refractivity contribution in [1.29, 1.82) is 5.41 Å². The van der Waals surface area contributed by atoms with Gasteiger partial charge < -0.3 is 9.47 Å². The molecule has 0 bridgehead atoms. The van der Waals surface area contributed by atoms with Crippen LogP contribution in [0.1, 0.15) is 37.5 Å². The van der Waals surface area contributed by atoms with E-state index in [4.69, 9.17) is 10.4 Å². The van der Waals surface area contributed by atoms with Crippen LogP contribution < -0.4 is 10.4 Å². The molecule has 4 nitrogen and oxygen atoms in total. The third-order valence-electron chi connectivity index (χ3n) is 5.34. The summed E-state index contributed by atoms with van der Waals surface area (Å²) in [6.45, 7) is 2.04. The molecule has 1 unspecified atom stereocenters. The third-order valence-corrected chi connectivity index (χ3v) is 5.34. The van der Waals surface area contributed by atoms with E-state index in [2.05, 4.69) is 39.8 Å². The molecule has 1 aromatic heterocycles. The van der Waals surface area contributed by atoms with E-state index >= 15 is 0 Å². The molecule has 0 saturated heterocycles. The van der Waals surface area contributed by atoms with Gasteiger partial charge in [0.2, 0.25) is 0 Å². The van der Waals surface area contributed by atoms with Gasteiger partial charge in [0.05, 0.1) is 11.6 Å². The van der Waals surface area contributed by atoms with Crippen molar-refractivity contribution in [3.63, 3.8) is 0 Å². The lowest BCUT2D eigenvalue weighted by atomic mass is 9.96. The Morgan fingerprint density at radius 1 is 1.24 bits per heavy atom. The number of hydrogen-bond donors (Lipinski definition) is 1. The first-order chi connectivity index (χ1) is 12.1. The molecule has 2 aromatic rings. The molecular weight excluding hydrogens is 308 g/mol. The summed E-state index contributed by atoms with van der Waals surface area (Å²) in [4.78, 5) is 6.91. The largest absolute Gasteiger partial charge is 0.378 e. The first-order valence-corrected chi connectivity index (χ1v) is 9.17. The summed E-state index contributed by atoms with van der Waals surface area (Å²) in [5, 5.41) is 9.87. The van der Waals surface area contributed by atoms with Crippen LogP contribution in [-0.4, -0.2) is 23.6 Å². The van der Waals surface area contributed by atoms with E-state index in [-0.39, 0.29) is 6.04 Å². The van der Waals surface area contributed by atoms with Crippen molar-refractivity contribution in [2.45, 2.75) is 38.6 Å². The number of anilines is 1. The maximum atomic E-state index is 8.94. The molecule has 0 radical (unpaired) electrons. The van der Waals surface area contributed by atoms with Gasteiger partial charge in [0.1, 0.15) is 11.3 Å². The molecule has 0 aliphatic heterocycles. The topological polar surface area (TPSA) is 44.9 Å². The van der Waals surface area contributed by atoms with Gasteiger partial charge in [0.25, 0.3) is 0 Å². The Hall–Kier alpha value is -2.36. The van der Waals surface area contributed by atoms with Crippen LogP contribution in [-0.2, 0) is 0 Å². The zero-order valence-corrected chi connectivity index (χ0v) is 15.3. The molecule has 1 heterocycles. The van der Waals surface area contributed by atoms with Gasteiger partial charge in [0, 0.05) is 25.2 Å². The minimum absolute atomic E-state index is 0.254. The normalized spacial score (nSPS) is 18.3. The van der Waals surface area contributed by atoms with Gasteiger partial charge >= 0.3 is 0 Å². The Kier molecular flexibility index (Phi) is 3.98. The van der Waals surface area contributed by atoms with Gasteiger partial charge in [0.15, 0.2) is 0 Å². The molecule has 4 heteroatoms. The predicted octanol–water partition coefficient (Wildman–Crippen LogP) is 4.12. The molecular formula is C21H26N4. The average Bonchev–Trinajstić information content (AvgIpc) is 3.43. The molecule has 4 rings (SSSR count). The molecule has 2 aliphatic rings. The van der Waals surface area contributed by atoms with Gasteiger partial charge in [-0.15, -0.1) is 0 Å². The van der Waals surface area contributed by atoms with Crippen molar-refractivity contribution in [2.24, 2.45) is 5.92 Å². The highest BCUT2D eigenvalue weighted by Gasteiger charge is 2.35. The SMILES string of the molecule is Cc1nc2ccc(N(C)C)cc2c(=N)n1C(C1=CCCC=C1)C1CC1. The number of rotatable bonds is 4. The Labute approximate surface area is 149 Å². The summed E-state index contributed by atoms with van der Waals surface area (Å²) < 4.78 is 2.17. The molecule has 1 saturated carbocycles. The minimum Gasteiger partial charge on any atom is -0.378 e. The van der Waals surface area contributed by atoms with Crippen LogP contribution in [0.2, 0.25) is 0 Å². The molecule has 25 heavy (non-hydrogen) atoms. The number of nitrogens with one attached hydrogen (secondary N) is 1. The molecule has 2 aliphatic carbocycles. The van der Waals surface area contributed by atoms with E-state index in [1.807, 2.05) is 27.1 Å². The number of fused-ring (bicyclic) bond motifs is 1. The summed E-state index contributed by atoms with van der Waals surface area (Å²) in [6.07, 6.45) is 11.6. The van der Waals surface area contributed by atoms with Crippen LogP contribution in [0, 0.1) is 18.3 Å². The second-order valence-corrected chi connectivity index (χ2v) is 7.44. The molecule has 1 aromatic carbocycles. The molecule has 1 N–H and O–H groups in total. The van der Waals surface area contributed by atoms with E-state index in [1.165, 1.54) is 18.4 Å². The Bertz CT molecular complexity index is 929. The Morgan fingerprint density at radius 3 is 2.68 bits per heavy atom. The quantitative estimate of drug-likeness (QED) is 0.914. The number of aromatic nitrogens is 2. The number of benzene rings is 1. The van der Waals surface area contributed by atoms with Crippen LogP contribution in [0.5, 0.6) is 0 Å². The van der Waals surface area contributed by atoms with E-state index < -0.39 is 0 Å². The van der Waals surface area contributed by atoms with E-state index in [9.17, 15) is 0 Å². The lowest BCUT2D eigenvalue weighted by molar-refractivity contribution is 0.477. The van der Waals surface area contributed by atoms with E-state index in [1.54, 1.807) is 0 Å². The standard InChI is InChI=1S/C21H26N4/c1-14-23-19-12-11-17(24(2)3)13-18(19)21(22)25(14)20(16-9-10-16)15-7-5-4-6-8-15/h5,7-8,11-13,16,20,22H,4,6,9-10H2,1-3H3. The van der Waals surface area contributed by atoms with Crippen LogP contribution in [0.25, 0.3) is 10.9 Å². The van der Waals surface area contributed by atoms with Crippen LogP contribution in [0.3, 0.4) is 0 Å². The van der Waals surface area contributed by atoms with Crippen molar-refractivity contribution < 1.29 is 0 Å². The summed E-state index contributed by atoms with van der Waals surface area (Å²) in [5.41, 5.74) is 3.97. The second-order valence-electron chi connectivity index (χ2n) is 7.44. The monoisotopic (exact) mass is 334 g/mol. The minimum atomic E-state index is 0.254. The van der Waals surface area contributed by atoms with E-state index in [0.29, 0.717) is 11.4 Å². The van der Waals surface area contributed by atoms with E-state index in [0.717, 1.165) is 35.3 Å². The third kappa shape index (κ3) is 2.90. The van der Waals surface area contributed by atoms with Crippen molar-refractivity contribution in [1.82, 2.24) is 9.55 Å². The van der Waals surface area contributed by atoms with Gasteiger partial charge in [-0.1, -0.05) is 18.2 Å². The summed E-state index contributed by atoms with van der Waals surface area (Å²) >= 11 is 0. The highest BCUT2D eigenvalue weighted by atomic mass is 15.1. The van der Waals surface area contributed by atoms with Gasteiger partial charge in [-0.05, 0) is 62.3 Å². The predicted molar refractivity (Wildman–Crippen MR) is 103 cm³/mol. The van der Waals surface area contributed by atoms with Crippen molar-refractivity contribution in [3.8, 4) is 0 Å². The fourth-order valence-electron chi connectivity index (χ4n) is 3.85. The van der Waals surface area contributed by atoms with Crippen LogP contribution >= 0.6 is 0 Å². The number of allylic oxidation sites excluding steroid dienone is 4. The van der Waals surface area contributed by atoms with Gasteiger partial charge in [-0.2, -0.15) is 0 Å². The summed E-state index contributed by atoms with van der Waals surface area (Å²) in [6, 6.07) is 6.45. The molecule has 0 amide bonds. The zero-order valence-electron chi connectivity index (χ0n) is 15.3. The van der Waals surface area contributed by atoms with Crippen LogP contribution in [0.15, 0.2) is 42.0 Å². The summed E-state index contributed by atoms with van der Waals surface area (Å²) in [5.74, 6) is 1.57. The first-order valence-electron chi connectivity index (χ1n) is 9.17. The average molecular weight is 334 g/mol. The van der Waals surface area contributed by atoms with Crippen molar-refractivity contribution >= 4 is 16.6 Å². The van der Waals surface area contributed by atoms with Crippen LogP contribution in [0.4, 0.5) is 5.69 Å². The van der Waals surface area contributed by atoms with Gasteiger partial charge in [-0.3, -0.25) is 5.41 Å². The smallest absolute Gasteiger partial charge is 0.136 e. The fourth-order valence-corrected chi connectivity index (χ4v) is 3.85. The highest BCUT2D eigenvalue weighted by Crippen LogP contribution is 2.44. The number of aryl methyl sites for hydroxylation is 1.